The molecule has 0 aliphatic heterocycles. The summed E-state index contributed by atoms with van der Waals surface area (Å²) in [6.45, 7) is 3.10. The molecule has 1 N–H and O–H groups in total. The van der Waals surface area contributed by atoms with Crippen molar-refractivity contribution in [2.24, 2.45) is 0 Å². The second-order valence-electron chi connectivity index (χ2n) is 5.84. The van der Waals surface area contributed by atoms with E-state index in [1.807, 2.05) is 13.0 Å². The highest BCUT2D eigenvalue weighted by atomic mass is 79.9. The van der Waals surface area contributed by atoms with Crippen molar-refractivity contribution in [2.75, 3.05) is 18.2 Å². The molecular formula is C18H18BrNO5S. The Bertz CT molecular complexity index is 970. The molecule has 0 bridgehead atoms. The van der Waals surface area contributed by atoms with Crippen LogP contribution in [0.4, 0.5) is 5.69 Å². The van der Waals surface area contributed by atoms with Crippen LogP contribution in [-0.4, -0.2) is 33.2 Å². The second-order valence-corrected chi connectivity index (χ2v) is 8.71. The fourth-order valence-corrected chi connectivity index (χ4v) is 3.15. The number of halogens is 1. The number of sulfone groups is 1. The largest absolute Gasteiger partial charge is 0.452 e. The van der Waals surface area contributed by atoms with Crippen LogP contribution in [0.2, 0.25) is 0 Å². The molecule has 138 valence electrons. The molecule has 0 aliphatic rings. The molecule has 0 fully saturated rings. The number of ether oxygens (including phenoxy) is 1. The number of esters is 1. The van der Waals surface area contributed by atoms with Crippen molar-refractivity contribution in [3.63, 3.8) is 0 Å². The summed E-state index contributed by atoms with van der Waals surface area (Å²) in [7, 11) is -3.45. The molecule has 2 rings (SSSR count). The quantitative estimate of drug-likeness (QED) is 0.721. The van der Waals surface area contributed by atoms with Gasteiger partial charge in [-0.2, -0.15) is 0 Å². The van der Waals surface area contributed by atoms with Crippen LogP contribution in [0.1, 0.15) is 21.5 Å². The van der Waals surface area contributed by atoms with Crippen LogP contribution >= 0.6 is 15.9 Å². The lowest BCUT2D eigenvalue weighted by atomic mass is 10.1. The highest BCUT2D eigenvalue weighted by Gasteiger charge is 2.17. The van der Waals surface area contributed by atoms with Gasteiger partial charge in [-0.3, -0.25) is 4.79 Å². The molecule has 0 saturated carbocycles. The minimum Gasteiger partial charge on any atom is -0.452 e. The van der Waals surface area contributed by atoms with Gasteiger partial charge in [0.15, 0.2) is 16.4 Å². The Morgan fingerprint density at radius 2 is 1.73 bits per heavy atom. The van der Waals surface area contributed by atoms with Crippen LogP contribution in [-0.2, 0) is 19.4 Å². The zero-order chi connectivity index (χ0) is 19.5. The van der Waals surface area contributed by atoms with Gasteiger partial charge in [0.05, 0.1) is 10.5 Å². The first-order valence-corrected chi connectivity index (χ1v) is 10.3. The SMILES string of the molecule is Cc1ccc(NC(=O)COC(=O)c2cc(S(C)(=O)=O)ccc2C)cc1Br. The van der Waals surface area contributed by atoms with Gasteiger partial charge in [-0.25, -0.2) is 13.2 Å². The predicted molar refractivity (Wildman–Crippen MR) is 102 cm³/mol. The number of hydrogen-bond acceptors (Lipinski definition) is 5. The highest BCUT2D eigenvalue weighted by molar-refractivity contribution is 9.10. The van der Waals surface area contributed by atoms with E-state index >= 15 is 0 Å². The van der Waals surface area contributed by atoms with Crippen LogP contribution in [0, 0.1) is 13.8 Å². The first kappa shape index (κ1) is 20.1. The molecular weight excluding hydrogens is 422 g/mol. The second kappa shape index (κ2) is 8.01. The topological polar surface area (TPSA) is 89.5 Å². The van der Waals surface area contributed by atoms with Gasteiger partial charge in [-0.05, 0) is 49.2 Å². The zero-order valence-electron chi connectivity index (χ0n) is 14.5. The highest BCUT2D eigenvalue weighted by Crippen LogP contribution is 2.20. The zero-order valence-corrected chi connectivity index (χ0v) is 16.9. The first-order chi connectivity index (χ1) is 12.1. The fraction of sp³-hybridized carbons (Fsp3) is 0.222. The Balaban J connectivity index is 2.04. The normalized spacial score (nSPS) is 11.1. The van der Waals surface area contributed by atoms with Gasteiger partial charge in [0, 0.05) is 16.4 Å². The summed E-state index contributed by atoms with van der Waals surface area (Å²) in [5, 5.41) is 2.63. The minimum absolute atomic E-state index is 0.0176. The van der Waals surface area contributed by atoms with Crippen LogP contribution < -0.4 is 5.32 Å². The average molecular weight is 440 g/mol. The Labute approximate surface area is 160 Å². The van der Waals surface area contributed by atoms with Crippen molar-refractivity contribution < 1.29 is 22.7 Å². The van der Waals surface area contributed by atoms with Crippen molar-refractivity contribution in [3.05, 3.63) is 57.6 Å². The maximum absolute atomic E-state index is 12.2. The minimum atomic E-state index is -3.45. The molecule has 0 aliphatic carbocycles. The van der Waals surface area contributed by atoms with Gasteiger partial charge in [0.25, 0.3) is 5.91 Å². The molecule has 26 heavy (non-hydrogen) atoms. The predicted octanol–water partition coefficient (Wildman–Crippen LogP) is 3.26. The number of anilines is 1. The number of nitrogens with one attached hydrogen (secondary N) is 1. The van der Waals surface area contributed by atoms with Gasteiger partial charge >= 0.3 is 5.97 Å². The molecule has 0 atom stereocenters. The lowest BCUT2D eigenvalue weighted by Crippen LogP contribution is -2.21. The van der Waals surface area contributed by atoms with Crippen molar-refractivity contribution in [2.45, 2.75) is 18.7 Å². The van der Waals surface area contributed by atoms with E-state index in [0.29, 0.717) is 11.3 Å². The van der Waals surface area contributed by atoms with Crippen molar-refractivity contribution in [1.29, 1.82) is 0 Å². The fourth-order valence-electron chi connectivity index (χ4n) is 2.13. The molecule has 1 amide bonds. The van der Waals surface area contributed by atoms with E-state index in [2.05, 4.69) is 21.2 Å². The molecule has 0 unspecified atom stereocenters. The summed E-state index contributed by atoms with van der Waals surface area (Å²) < 4.78 is 29.1. The molecule has 0 radical (unpaired) electrons. The van der Waals surface area contributed by atoms with Crippen LogP contribution in [0.5, 0.6) is 0 Å². The standard InChI is InChI=1S/C18H18BrNO5S/c1-11-5-7-14(26(3,23)24)9-15(11)18(22)25-10-17(21)20-13-6-4-12(2)16(19)8-13/h4-9H,10H2,1-3H3,(H,20,21). The number of benzene rings is 2. The van der Waals surface area contributed by atoms with Crippen LogP contribution in [0.3, 0.4) is 0 Å². The maximum Gasteiger partial charge on any atom is 0.338 e. The molecule has 0 saturated heterocycles. The average Bonchev–Trinajstić information content (AvgIpc) is 2.55. The van der Waals surface area contributed by atoms with Crippen molar-refractivity contribution in [3.8, 4) is 0 Å². The summed E-state index contributed by atoms with van der Waals surface area (Å²) in [6, 6.07) is 9.52. The van der Waals surface area contributed by atoms with Gasteiger partial charge in [0.1, 0.15) is 0 Å². The number of amides is 1. The van der Waals surface area contributed by atoms with Gasteiger partial charge in [-0.15, -0.1) is 0 Å². The first-order valence-electron chi connectivity index (χ1n) is 7.62. The number of carbonyl (C=O) groups excluding carboxylic acids is 2. The lowest BCUT2D eigenvalue weighted by molar-refractivity contribution is -0.119. The van der Waals surface area contributed by atoms with E-state index in [-0.39, 0.29) is 10.5 Å². The third-order valence-electron chi connectivity index (χ3n) is 3.65. The summed E-state index contributed by atoms with van der Waals surface area (Å²) in [5.74, 6) is -1.25. The molecule has 6 nitrogen and oxygen atoms in total. The van der Waals surface area contributed by atoms with E-state index < -0.39 is 28.3 Å². The van der Waals surface area contributed by atoms with Crippen LogP contribution in [0.15, 0.2) is 45.8 Å². The van der Waals surface area contributed by atoms with E-state index in [9.17, 15) is 18.0 Å². The summed E-state index contributed by atoms with van der Waals surface area (Å²) in [4.78, 5) is 24.2. The number of rotatable bonds is 5. The number of aryl methyl sites for hydroxylation is 2. The lowest BCUT2D eigenvalue weighted by Gasteiger charge is -2.10. The molecule has 0 aromatic heterocycles. The third kappa shape index (κ3) is 5.15. The van der Waals surface area contributed by atoms with Crippen molar-refractivity contribution >= 4 is 43.3 Å². The Hall–Kier alpha value is -2.19. The molecule has 0 spiro atoms. The van der Waals surface area contributed by atoms with Gasteiger partial charge < -0.3 is 10.1 Å². The Morgan fingerprint density at radius 3 is 2.35 bits per heavy atom. The van der Waals surface area contributed by atoms with E-state index in [4.69, 9.17) is 4.74 Å². The number of carbonyl (C=O) groups is 2. The maximum atomic E-state index is 12.2. The summed E-state index contributed by atoms with van der Waals surface area (Å²) in [5.41, 5.74) is 2.26. The molecule has 2 aromatic rings. The monoisotopic (exact) mass is 439 g/mol. The molecule has 0 heterocycles. The molecule has 8 heteroatoms. The van der Waals surface area contributed by atoms with E-state index in [0.717, 1.165) is 16.3 Å². The third-order valence-corrected chi connectivity index (χ3v) is 5.61. The molecule has 2 aromatic carbocycles. The Morgan fingerprint density at radius 1 is 1.08 bits per heavy atom. The van der Waals surface area contributed by atoms with Gasteiger partial charge in [-0.1, -0.05) is 28.1 Å². The van der Waals surface area contributed by atoms with E-state index in [1.165, 1.54) is 18.2 Å². The van der Waals surface area contributed by atoms with Crippen molar-refractivity contribution in [1.82, 2.24) is 0 Å². The van der Waals surface area contributed by atoms with E-state index in [1.54, 1.807) is 19.1 Å². The summed E-state index contributed by atoms with van der Waals surface area (Å²) >= 11 is 3.37. The van der Waals surface area contributed by atoms with Crippen LogP contribution in [0.25, 0.3) is 0 Å². The van der Waals surface area contributed by atoms with Gasteiger partial charge in [0.2, 0.25) is 0 Å². The number of hydrogen-bond donors (Lipinski definition) is 1. The summed E-state index contributed by atoms with van der Waals surface area (Å²) in [6.07, 6.45) is 1.06. The smallest absolute Gasteiger partial charge is 0.338 e. The Kier molecular flexibility index (Phi) is 6.20.